The van der Waals surface area contributed by atoms with Crippen LogP contribution < -0.4 is 15.0 Å². The number of ether oxygens (including phenoxy) is 1. The van der Waals surface area contributed by atoms with Gasteiger partial charge in [0.2, 0.25) is 11.8 Å². The summed E-state index contributed by atoms with van der Waals surface area (Å²) in [5, 5.41) is 2.83. The van der Waals surface area contributed by atoms with Gasteiger partial charge in [-0.05, 0) is 38.1 Å². The van der Waals surface area contributed by atoms with E-state index in [0.717, 1.165) is 18.8 Å². The molecule has 0 atom stereocenters. The molecule has 2 aromatic carbocycles. The summed E-state index contributed by atoms with van der Waals surface area (Å²) >= 11 is 0. The second-order valence-corrected chi connectivity index (χ2v) is 7.39. The molecule has 2 amide bonds. The lowest BCUT2D eigenvalue weighted by molar-refractivity contribution is -0.146. The molecule has 0 radical (unpaired) electrons. The predicted molar refractivity (Wildman–Crippen MR) is 111 cm³/mol. The zero-order chi connectivity index (χ0) is 20.1. The minimum Gasteiger partial charge on any atom is -0.495 e. The van der Waals surface area contributed by atoms with Crippen LogP contribution in [0.5, 0.6) is 5.75 Å². The highest BCUT2D eigenvalue weighted by atomic mass is 16.5. The fourth-order valence-electron chi connectivity index (χ4n) is 3.33. The number of rotatable bonds is 5. The highest BCUT2D eigenvalue weighted by Crippen LogP contribution is 2.28. The van der Waals surface area contributed by atoms with Crippen molar-refractivity contribution in [3.63, 3.8) is 0 Å². The number of carbonyl (C=O) groups excluding carboxylic acids is 2. The fourth-order valence-corrected chi connectivity index (χ4v) is 3.33. The molecule has 1 N–H and O–H groups in total. The molecule has 0 spiro atoms. The first-order valence-corrected chi connectivity index (χ1v) is 9.47. The van der Waals surface area contributed by atoms with Gasteiger partial charge in [0, 0.05) is 31.9 Å². The van der Waals surface area contributed by atoms with Crippen molar-refractivity contribution in [1.82, 2.24) is 4.90 Å². The van der Waals surface area contributed by atoms with Crippen LogP contribution in [0.25, 0.3) is 0 Å². The molecule has 1 heterocycles. The van der Waals surface area contributed by atoms with Crippen LogP contribution in [-0.2, 0) is 9.59 Å². The van der Waals surface area contributed by atoms with Gasteiger partial charge in [-0.1, -0.05) is 30.3 Å². The van der Waals surface area contributed by atoms with E-state index < -0.39 is 5.41 Å². The maximum Gasteiger partial charge on any atom is 0.239 e. The molecule has 148 valence electrons. The molecule has 0 saturated carbocycles. The van der Waals surface area contributed by atoms with Gasteiger partial charge in [0.25, 0.3) is 0 Å². The van der Waals surface area contributed by atoms with E-state index in [1.807, 2.05) is 30.3 Å². The average Bonchev–Trinajstić information content (AvgIpc) is 2.74. The van der Waals surface area contributed by atoms with E-state index in [-0.39, 0.29) is 11.8 Å². The summed E-state index contributed by atoms with van der Waals surface area (Å²) in [6.45, 7) is 6.03. The summed E-state index contributed by atoms with van der Waals surface area (Å²) < 4.78 is 5.27. The number of nitrogens with zero attached hydrogens (tertiary/aromatic N) is 2. The van der Waals surface area contributed by atoms with Crippen LogP contribution in [0.4, 0.5) is 11.4 Å². The van der Waals surface area contributed by atoms with Crippen LogP contribution in [0.1, 0.15) is 13.8 Å². The first kappa shape index (κ1) is 19.7. The number of piperazine rings is 1. The maximum absolute atomic E-state index is 13.1. The van der Waals surface area contributed by atoms with Crippen LogP contribution in [0.15, 0.2) is 54.6 Å². The molecule has 0 bridgehead atoms. The van der Waals surface area contributed by atoms with Crippen molar-refractivity contribution in [2.45, 2.75) is 13.8 Å². The Morgan fingerprint density at radius 2 is 1.54 bits per heavy atom. The molecular formula is C22H27N3O3. The third-order valence-electron chi connectivity index (χ3n) is 5.15. The van der Waals surface area contributed by atoms with Crippen LogP contribution in [0.2, 0.25) is 0 Å². The smallest absolute Gasteiger partial charge is 0.239 e. The van der Waals surface area contributed by atoms with Gasteiger partial charge in [-0.3, -0.25) is 9.59 Å². The van der Waals surface area contributed by atoms with Gasteiger partial charge in [0.05, 0.1) is 12.8 Å². The Balaban J connectivity index is 1.63. The van der Waals surface area contributed by atoms with Crippen molar-refractivity contribution in [2.24, 2.45) is 5.41 Å². The second-order valence-electron chi connectivity index (χ2n) is 7.39. The number of carbonyl (C=O) groups is 2. The number of benzene rings is 2. The van der Waals surface area contributed by atoms with E-state index in [0.29, 0.717) is 24.5 Å². The monoisotopic (exact) mass is 381 g/mol. The highest BCUT2D eigenvalue weighted by molar-refractivity contribution is 6.10. The van der Waals surface area contributed by atoms with Gasteiger partial charge < -0.3 is 19.9 Å². The van der Waals surface area contributed by atoms with Crippen LogP contribution in [0, 0.1) is 5.41 Å². The van der Waals surface area contributed by atoms with Gasteiger partial charge in [-0.15, -0.1) is 0 Å². The van der Waals surface area contributed by atoms with E-state index in [2.05, 4.69) is 22.3 Å². The van der Waals surface area contributed by atoms with Crippen LogP contribution in [0.3, 0.4) is 0 Å². The van der Waals surface area contributed by atoms with Crippen LogP contribution >= 0.6 is 0 Å². The molecule has 6 heteroatoms. The average molecular weight is 381 g/mol. The zero-order valence-electron chi connectivity index (χ0n) is 16.6. The largest absolute Gasteiger partial charge is 0.495 e. The molecule has 0 unspecified atom stereocenters. The Morgan fingerprint density at radius 3 is 2.18 bits per heavy atom. The molecule has 1 aliphatic rings. The molecule has 0 aromatic heterocycles. The lowest BCUT2D eigenvalue weighted by Gasteiger charge is -2.39. The van der Waals surface area contributed by atoms with E-state index in [4.69, 9.17) is 4.74 Å². The molecule has 28 heavy (non-hydrogen) atoms. The van der Waals surface area contributed by atoms with E-state index in [1.165, 1.54) is 0 Å². The first-order valence-electron chi connectivity index (χ1n) is 9.47. The van der Waals surface area contributed by atoms with E-state index in [9.17, 15) is 9.59 Å². The normalized spacial score (nSPS) is 14.5. The minimum absolute atomic E-state index is 0.160. The highest BCUT2D eigenvalue weighted by Gasteiger charge is 2.40. The summed E-state index contributed by atoms with van der Waals surface area (Å²) in [7, 11) is 1.55. The summed E-state index contributed by atoms with van der Waals surface area (Å²) in [5.74, 6) is 0.0654. The van der Waals surface area contributed by atoms with E-state index in [1.54, 1.807) is 38.0 Å². The lowest BCUT2D eigenvalue weighted by Crippen LogP contribution is -2.54. The van der Waals surface area contributed by atoms with Crippen molar-refractivity contribution in [3.8, 4) is 5.75 Å². The third kappa shape index (κ3) is 4.11. The van der Waals surface area contributed by atoms with E-state index >= 15 is 0 Å². The first-order chi connectivity index (χ1) is 13.4. The van der Waals surface area contributed by atoms with Gasteiger partial charge in [-0.25, -0.2) is 0 Å². The number of methoxy groups -OCH3 is 1. The standard InChI is InChI=1S/C22H27N3O3/c1-22(2,20(26)23-18-11-7-8-12-19(18)28-3)21(27)25-15-13-24(14-16-25)17-9-5-4-6-10-17/h4-12H,13-16H2,1-3H3,(H,23,26). The van der Waals surface area contributed by atoms with Crippen molar-refractivity contribution in [3.05, 3.63) is 54.6 Å². The number of amides is 2. The summed E-state index contributed by atoms with van der Waals surface area (Å²) in [4.78, 5) is 29.9. The minimum atomic E-state index is -1.17. The molecule has 3 rings (SSSR count). The Labute approximate surface area is 166 Å². The van der Waals surface area contributed by atoms with Crippen LogP contribution in [-0.4, -0.2) is 50.0 Å². The molecule has 0 aliphatic carbocycles. The Morgan fingerprint density at radius 1 is 0.929 bits per heavy atom. The Kier molecular flexibility index (Phi) is 5.87. The number of anilines is 2. The third-order valence-corrected chi connectivity index (χ3v) is 5.15. The quantitative estimate of drug-likeness (QED) is 0.809. The molecule has 1 aliphatic heterocycles. The molecule has 2 aromatic rings. The molecule has 1 saturated heterocycles. The zero-order valence-corrected chi connectivity index (χ0v) is 16.6. The van der Waals surface area contributed by atoms with Gasteiger partial charge >= 0.3 is 0 Å². The van der Waals surface area contributed by atoms with Gasteiger partial charge in [0.15, 0.2) is 0 Å². The molecule has 1 fully saturated rings. The number of hydrogen-bond acceptors (Lipinski definition) is 4. The molecule has 6 nitrogen and oxygen atoms in total. The topological polar surface area (TPSA) is 61.9 Å². The maximum atomic E-state index is 13.1. The van der Waals surface area contributed by atoms with Crippen molar-refractivity contribution >= 4 is 23.2 Å². The fraction of sp³-hybridized carbons (Fsp3) is 0.364. The number of hydrogen-bond donors (Lipinski definition) is 1. The molecular weight excluding hydrogens is 354 g/mol. The lowest BCUT2D eigenvalue weighted by atomic mass is 9.89. The number of nitrogens with one attached hydrogen (secondary N) is 1. The Hall–Kier alpha value is -3.02. The summed E-state index contributed by atoms with van der Waals surface area (Å²) in [6, 6.07) is 17.3. The van der Waals surface area contributed by atoms with Crippen molar-refractivity contribution in [1.29, 1.82) is 0 Å². The van der Waals surface area contributed by atoms with Crippen molar-refractivity contribution in [2.75, 3.05) is 43.5 Å². The predicted octanol–water partition coefficient (Wildman–Crippen LogP) is 3.01. The Bertz CT molecular complexity index is 828. The van der Waals surface area contributed by atoms with Gasteiger partial charge in [0.1, 0.15) is 11.2 Å². The second kappa shape index (κ2) is 8.33. The SMILES string of the molecule is COc1ccccc1NC(=O)C(C)(C)C(=O)N1CCN(c2ccccc2)CC1. The van der Waals surface area contributed by atoms with Gasteiger partial charge in [-0.2, -0.15) is 0 Å². The van der Waals surface area contributed by atoms with Crippen molar-refractivity contribution < 1.29 is 14.3 Å². The number of para-hydroxylation sites is 3. The summed E-state index contributed by atoms with van der Waals surface area (Å²) in [6.07, 6.45) is 0. The summed E-state index contributed by atoms with van der Waals surface area (Å²) in [5.41, 5.74) is 0.544.